The Labute approximate surface area is 159 Å². The van der Waals surface area contributed by atoms with Gasteiger partial charge >= 0.3 is 12.1 Å². The zero-order valence-corrected chi connectivity index (χ0v) is 15.0. The molecule has 1 atom stereocenters. The van der Waals surface area contributed by atoms with Gasteiger partial charge in [-0.25, -0.2) is 9.59 Å². The number of rotatable bonds is 4. The molecule has 0 bridgehead atoms. The predicted molar refractivity (Wildman–Crippen MR) is 99.2 cm³/mol. The quantitative estimate of drug-likeness (QED) is 0.510. The number of nitrogens with one attached hydrogen (secondary N) is 3. The third-order valence-corrected chi connectivity index (χ3v) is 3.43. The van der Waals surface area contributed by atoms with Crippen molar-refractivity contribution in [3.05, 3.63) is 60.7 Å². The lowest BCUT2D eigenvalue weighted by atomic mass is 10.3. The van der Waals surface area contributed by atoms with Gasteiger partial charge in [-0.2, -0.15) is 0 Å². The Balaban J connectivity index is 1.96. The number of anilines is 2. The maximum absolute atomic E-state index is 12.0. The van der Waals surface area contributed by atoms with Crippen molar-refractivity contribution in [2.75, 3.05) is 10.6 Å². The van der Waals surface area contributed by atoms with Gasteiger partial charge in [-0.1, -0.05) is 71.2 Å². The van der Waals surface area contributed by atoms with Gasteiger partial charge in [0.1, 0.15) is 0 Å². The molecule has 3 N–H and O–H groups in total. The molecule has 0 aliphatic carbocycles. The first-order chi connectivity index (χ1) is 11.8. The minimum absolute atomic E-state index is 0.490. The van der Waals surface area contributed by atoms with Crippen LogP contribution in [0.1, 0.15) is 0 Å². The summed E-state index contributed by atoms with van der Waals surface area (Å²) in [7, 11) is 0. The lowest BCUT2D eigenvalue weighted by molar-refractivity contribution is 0.0985. The molecule has 25 heavy (non-hydrogen) atoms. The van der Waals surface area contributed by atoms with E-state index >= 15 is 0 Å². The highest BCUT2D eigenvalue weighted by atomic mass is 35.6. The smallest absolute Gasteiger partial charge is 0.413 e. The standard InChI is InChI=1S/C16H14Cl3N3O3/c17-16(18,19)13(22-14(23)20-11-7-3-1-4-8-11)25-15(24)21-12-9-5-2-6-10-12/h1-10,13H,(H,21,24)(H2,20,22,23)/t13-/m1/s1. The number of hydrogen-bond donors (Lipinski definition) is 3. The van der Waals surface area contributed by atoms with Crippen LogP contribution in [0.3, 0.4) is 0 Å². The van der Waals surface area contributed by atoms with E-state index in [0.717, 1.165) is 0 Å². The number of amides is 3. The fourth-order valence-electron chi connectivity index (χ4n) is 1.76. The summed E-state index contributed by atoms with van der Waals surface area (Å²) in [5.41, 5.74) is 1.01. The van der Waals surface area contributed by atoms with Gasteiger partial charge in [0.2, 0.25) is 10.0 Å². The number of hydrogen-bond acceptors (Lipinski definition) is 3. The van der Waals surface area contributed by atoms with Crippen LogP contribution < -0.4 is 16.0 Å². The monoisotopic (exact) mass is 401 g/mol. The second-order valence-electron chi connectivity index (χ2n) is 4.78. The SMILES string of the molecule is O=C(Nc1ccccc1)N[C@H](OC(=O)Nc1ccccc1)C(Cl)(Cl)Cl. The minimum atomic E-state index is -2.07. The summed E-state index contributed by atoms with van der Waals surface area (Å²) >= 11 is 17.3. The van der Waals surface area contributed by atoms with E-state index in [1.54, 1.807) is 60.7 Å². The van der Waals surface area contributed by atoms with Gasteiger partial charge in [0, 0.05) is 11.4 Å². The molecule has 2 rings (SSSR count). The van der Waals surface area contributed by atoms with Crippen LogP contribution in [-0.4, -0.2) is 22.1 Å². The normalized spacial score (nSPS) is 12.0. The fourth-order valence-corrected chi connectivity index (χ4v) is 2.06. The van der Waals surface area contributed by atoms with Crippen LogP contribution in [0.15, 0.2) is 60.7 Å². The molecule has 9 heteroatoms. The van der Waals surface area contributed by atoms with E-state index in [-0.39, 0.29) is 0 Å². The molecule has 132 valence electrons. The van der Waals surface area contributed by atoms with E-state index in [1.165, 1.54) is 0 Å². The van der Waals surface area contributed by atoms with Crippen LogP contribution in [0, 0.1) is 0 Å². The largest absolute Gasteiger partial charge is 0.421 e. The molecular formula is C16H14Cl3N3O3. The van der Waals surface area contributed by atoms with Crippen LogP contribution >= 0.6 is 34.8 Å². The molecule has 2 aromatic carbocycles. The lowest BCUT2D eigenvalue weighted by Crippen LogP contribution is -2.48. The molecule has 0 heterocycles. The van der Waals surface area contributed by atoms with Crippen molar-refractivity contribution < 1.29 is 14.3 Å². The predicted octanol–water partition coefficient (Wildman–Crippen LogP) is 4.75. The van der Waals surface area contributed by atoms with E-state index in [4.69, 9.17) is 39.5 Å². The van der Waals surface area contributed by atoms with Gasteiger partial charge in [-0.3, -0.25) is 10.6 Å². The number of carbonyl (C=O) groups is 2. The van der Waals surface area contributed by atoms with Crippen molar-refractivity contribution in [3.63, 3.8) is 0 Å². The zero-order chi connectivity index (χ0) is 18.3. The number of benzene rings is 2. The summed E-state index contributed by atoms with van der Waals surface area (Å²) in [5.74, 6) is 0. The molecule has 0 aromatic heterocycles. The van der Waals surface area contributed by atoms with Gasteiger partial charge in [0.05, 0.1) is 0 Å². The maximum Gasteiger partial charge on any atom is 0.413 e. The molecule has 0 spiro atoms. The van der Waals surface area contributed by atoms with Gasteiger partial charge in [0.25, 0.3) is 0 Å². The molecule has 0 saturated heterocycles. The molecule has 0 saturated carbocycles. The third kappa shape index (κ3) is 6.70. The molecule has 0 fully saturated rings. The number of carbonyl (C=O) groups excluding carboxylic acids is 2. The van der Waals surface area contributed by atoms with Crippen LogP contribution in [0.2, 0.25) is 0 Å². The van der Waals surface area contributed by atoms with E-state index in [0.29, 0.717) is 11.4 Å². The van der Waals surface area contributed by atoms with Gasteiger partial charge in [-0.05, 0) is 24.3 Å². The minimum Gasteiger partial charge on any atom is -0.421 e. The third-order valence-electron chi connectivity index (χ3n) is 2.84. The average Bonchev–Trinajstić information content (AvgIpc) is 2.55. The van der Waals surface area contributed by atoms with Crippen molar-refractivity contribution in [1.29, 1.82) is 0 Å². The Morgan fingerprint density at radius 1 is 0.840 bits per heavy atom. The average molecular weight is 403 g/mol. The Bertz CT molecular complexity index is 653. The maximum atomic E-state index is 12.0. The van der Waals surface area contributed by atoms with Crippen molar-refractivity contribution in [3.8, 4) is 0 Å². The molecule has 0 radical (unpaired) electrons. The number of alkyl halides is 3. The van der Waals surface area contributed by atoms with E-state index in [9.17, 15) is 9.59 Å². The second-order valence-corrected chi connectivity index (χ2v) is 7.15. The first-order valence-corrected chi connectivity index (χ1v) is 8.20. The van der Waals surface area contributed by atoms with Gasteiger partial charge in [-0.15, -0.1) is 0 Å². The van der Waals surface area contributed by atoms with E-state index in [2.05, 4.69) is 16.0 Å². The number of urea groups is 1. The fraction of sp³-hybridized carbons (Fsp3) is 0.125. The highest BCUT2D eigenvalue weighted by Gasteiger charge is 2.37. The van der Waals surface area contributed by atoms with Crippen LogP contribution in [0.4, 0.5) is 21.0 Å². The Kier molecular flexibility index (Phi) is 6.75. The summed E-state index contributed by atoms with van der Waals surface area (Å²) < 4.78 is 2.94. The van der Waals surface area contributed by atoms with Crippen molar-refractivity contribution >= 4 is 58.3 Å². The Hall–Kier alpha value is -2.15. The summed E-state index contributed by atoms with van der Waals surface area (Å²) in [6.45, 7) is 0. The molecule has 6 nitrogen and oxygen atoms in total. The summed E-state index contributed by atoms with van der Waals surface area (Å²) in [5, 5.41) is 7.28. The molecule has 0 unspecified atom stereocenters. The highest BCUT2D eigenvalue weighted by Crippen LogP contribution is 2.31. The molecule has 3 amide bonds. The van der Waals surface area contributed by atoms with Crippen LogP contribution in [0.5, 0.6) is 0 Å². The Morgan fingerprint density at radius 3 is 1.80 bits per heavy atom. The van der Waals surface area contributed by atoms with E-state index < -0.39 is 22.1 Å². The van der Waals surface area contributed by atoms with Crippen molar-refractivity contribution in [2.24, 2.45) is 0 Å². The van der Waals surface area contributed by atoms with Crippen molar-refractivity contribution in [1.82, 2.24) is 5.32 Å². The lowest BCUT2D eigenvalue weighted by Gasteiger charge is -2.25. The van der Waals surface area contributed by atoms with Crippen LogP contribution in [0.25, 0.3) is 0 Å². The first-order valence-electron chi connectivity index (χ1n) is 7.06. The second kappa shape index (κ2) is 8.80. The topological polar surface area (TPSA) is 79.5 Å². The van der Waals surface area contributed by atoms with Crippen molar-refractivity contribution in [2.45, 2.75) is 10.0 Å². The van der Waals surface area contributed by atoms with Gasteiger partial charge < -0.3 is 10.1 Å². The molecule has 2 aromatic rings. The van der Waals surface area contributed by atoms with Crippen LogP contribution in [-0.2, 0) is 4.74 Å². The first kappa shape index (κ1) is 19.2. The van der Waals surface area contributed by atoms with E-state index in [1.807, 2.05) is 0 Å². The highest BCUT2D eigenvalue weighted by molar-refractivity contribution is 6.68. The number of ether oxygens (including phenoxy) is 1. The number of para-hydroxylation sites is 2. The summed E-state index contributed by atoms with van der Waals surface area (Å²) in [6.07, 6.45) is -2.40. The molecular weight excluding hydrogens is 389 g/mol. The number of halogens is 3. The van der Waals surface area contributed by atoms with Gasteiger partial charge in [0.15, 0.2) is 0 Å². The Morgan fingerprint density at radius 2 is 1.32 bits per heavy atom. The summed E-state index contributed by atoms with van der Waals surface area (Å²) in [6, 6.07) is 16.5. The molecule has 0 aliphatic rings. The summed E-state index contributed by atoms with van der Waals surface area (Å²) in [4.78, 5) is 23.9. The zero-order valence-electron chi connectivity index (χ0n) is 12.7. The molecule has 0 aliphatic heterocycles.